The van der Waals surface area contributed by atoms with Crippen molar-refractivity contribution in [3.05, 3.63) is 29.0 Å². The first kappa shape index (κ1) is 15.5. The minimum absolute atomic E-state index is 0.135. The van der Waals surface area contributed by atoms with E-state index in [4.69, 9.17) is 21.1 Å². The smallest absolute Gasteiger partial charge is 0.147 e. The van der Waals surface area contributed by atoms with Crippen LogP contribution >= 0.6 is 11.6 Å². The quantitative estimate of drug-likeness (QED) is 0.812. The summed E-state index contributed by atoms with van der Waals surface area (Å²) in [5, 5.41) is 12.9. The fourth-order valence-electron chi connectivity index (χ4n) is 2.06. The number of aliphatic hydroxyl groups excluding tert-OH is 1. The second kappa shape index (κ2) is 7.78. The highest BCUT2D eigenvalue weighted by Crippen LogP contribution is 2.24. The van der Waals surface area contributed by atoms with Gasteiger partial charge in [0.25, 0.3) is 0 Å². The van der Waals surface area contributed by atoms with E-state index in [-0.39, 0.29) is 30.0 Å². The molecule has 0 saturated carbocycles. The Balaban J connectivity index is 1.68. The molecule has 1 heterocycles. The van der Waals surface area contributed by atoms with Gasteiger partial charge in [-0.25, -0.2) is 4.39 Å². The van der Waals surface area contributed by atoms with E-state index in [1.807, 2.05) is 0 Å². The standard InChI is InChI=1S/C14H19ClFNO3/c15-12-4-1-5-13(16)14(12)17-7-10(18)8-19-9-11-3-2-6-20-11/h1,4-5,10-11,17-18H,2-3,6-9H2. The summed E-state index contributed by atoms with van der Waals surface area (Å²) in [5.41, 5.74) is 0.201. The van der Waals surface area contributed by atoms with Crippen LogP contribution in [0.15, 0.2) is 18.2 Å². The Morgan fingerprint density at radius 1 is 1.55 bits per heavy atom. The van der Waals surface area contributed by atoms with E-state index in [1.54, 1.807) is 6.07 Å². The molecular weight excluding hydrogens is 285 g/mol. The van der Waals surface area contributed by atoms with Gasteiger partial charge in [-0.1, -0.05) is 17.7 Å². The second-order valence-electron chi connectivity index (χ2n) is 4.80. The first-order valence-corrected chi connectivity index (χ1v) is 7.10. The molecule has 0 bridgehead atoms. The lowest BCUT2D eigenvalue weighted by Crippen LogP contribution is -2.27. The molecule has 2 atom stereocenters. The summed E-state index contributed by atoms with van der Waals surface area (Å²) < 4.78 is 24.3. The molecule has 112 valence electrons. The van der Waals surface area contributed by atoms with Gasteiger partial charge in [0.2, 0.25) is 0 Å². The maximum absolute atomic E-state index is 13.5. The van der Waals surface area contributed by atoms with Crippen LogP contribution in [-0.2, 0) is 9.47 Å². The minimum Gasteiger partial charge on any atom is -0.389 e. The lowest BCUT2D eigenvalue weighted by Gasteiger charge is -2.16. The Labute approximate surface area is 122 Å². The molecule has 0 radical (unpaired) electrons. The van der Waals surface area contributed by atoms with Gasteiger partial charge in [0.15, 0.2) is 0 Å². The van der Waals surface area contributed by atoms with Gasteiger partial charge in [0.1, 0.15) is 5.82 Å². The highest BCUT2D eigenvalue weighted by molar-refractivity contribution is 6.33. The third kappa shape index (κ3) is 4.59. The molecule has 1 saturated heterocycles. The Morgan fingerprint density at radius 2 is 2.40 bits per heavy atom. The fraction of sp³-hybridized carbons (Fsp3) is 0.571. The van der Waals surface area contributed by atoms with Gasteiger partial charge in [-0.3, -0.25) is 0 Å². The van der Waals surface area contributed by atoms with Gasteiger partial charge in [-0.15, -0.1) is 0 Å². The summed E-state index contributed by atoms with van der Waals surface area (Å²) in [6, 6.07) is 4.44. The molecule has 20 heavy (non-hydrogen) atoms. The molecule has 0 aliphatic carbocycles. The Hall–Kier alpha value is -0.880. The highest BCUT2D eigenvalue weighted by Gasteiger charge is 2.16. The maximum Gasteiger partial charge on any atom is 0.147 e. The molecule has 1 aromatic carbocycles. The highest BCUT2D eigenvalue weighted by atomic mass is 35.5. The van der Waals surface area contributed by atoms with E-state index in [0.717, 1.165) is 19.4 Å². The van der Waals surface area contributed by atoms with Crippen molar-refractivity contribution in [3.63, 3.8) is 0 Å². The van der Waals surface area contributed by atoms with Crippen LogP contribution in [0.5, 0.6) is 0 Å². The van der Waals surface area contributed by atoms with Crippen molar-refractivity contribution in [2.75, 3.05) is 31.7 Å². The number of rotatable bonds is 7. The molecule has 0 spiro atoms. The number of halogens is 2. The molecule has 4 nitrogen and oxygen atoms in total. The van der Waals surface area contributed by atoms with Crippen LogP contribution in [0.4, 0.5) is 10.1 Å². The van der Waals surface area contributed by atoms with Crippen molar-refractivity contribution < 1.29 is 19.0 Å². The van der Waals surface area contributed by atoms with Gasteiger partial charge in [-0.05, 0) is 25.0 Å². The normalized spacial score (nSPS) is 20.1. The lowest BCUT2D eigenvalue weighted by molar-refractivity contribution is -0.0137. The number of nitrogens with one attached hydrogen (secondary N) is 1. The Kier molecular flexibility index (Phi) is 6.04. The zero-order valence-corrected chi connectivity index (χ0v) is 11.9. The zero-order chi connectivity index (χ0) is 14.4. The third-order valence-electron chi connectivity index (χ3n) is 3.12. The molecule has 1 aromatic rings. The van der Waals surface area contributed by atoms with Gasteiger partial charge in [-0.2, -0.15) is 0 Å². The number of aliphatic hydroxyl groups is 1. The summed E-state index contributed by atoms with van der Waals surface area (Å²) in [7, 11) is 0. The summed E-state index contributed by atoms with van der Waals surface area (Å²) >= 11 is 5.87. The van der Waals surface area contributed by atoms with Crippen LogP contribution in [0.1, 0.15) is 12.8 Å². The lowest BCUT2D eigenvalue weighted by atomic mass is 10.2. The summed E-state index contributed by atoms with van der Waals surface area (Å²) in [5.74, 6) is -0.440. The van der Waals surface area contributed by atoms with Crippen LogP contribution in [0.2, 0.25) is 5.02 Å². The number of hydrogen-bond acceptors (Lipinski definition) is 4. The van der Waals surface area contributed by atoms with Crippen molar-refractivity contribution >= 4 is 17.3 Å². The molecule has 0 aromatic heterocycles. The molecular formula is C14H19ClFNO3. The van der Waals surface area contributed by atoms with Crippen LogP contribution in [0, 0.1) is 5.82 Å². The van der Waals surface area contributed by atoms with Crippen molar-refractivity contribution in [3.8, 4) is 0 Å². The molecule has 6 heteroatoms. The van der Waals surface area contributed by atoms with Gasteiger partial charge >= 0.3 is 0 Å². The third-order valence-corrected chi connectivity index (χ3v) is 3.43. The fourth-order valence-corrected chi connectivity index (χ4v) is 2.29. The molecule has 2 N–H and O–H groups in total. The van der Waals surface area contributed by atoms with E-state index < -0.39 is 11.9 Å². The van der Waals surface area contributed by atoms with E-state index in [9.17, 15) is 9.50 Å². The number of ether oxygens (including phenoxy) is 2. The first-order valence-electron chi connectivity index (χ1n) is 6.72. The van der Waals surface area contributed by atoms with Crippen LogP contribution in [0.25, 0.3) is 0 Å². The molecule has 0 amide bonds. The predicted octanol–water partition coefficient (Wildman–Crippen LogP) is 2.45. The number of benzene rings is 1. The zero-order valence-electron chi connectivity index (χ0n) is 11.1. The van der Waals surface area contributed by atoms with E-state index in [1.165, 1.54) is 12.1 Å². The van der Waals surface area contributed by atoms with Crippen molar-refractivity contribution in [1.82, 2.24) is 0 Å². The van der Waals surface area contributed by atoms with Crippen molar-refractivity contribution in [2.24, 2.45) is 0 Å². The molecule has 2 unspecified atom stereocenters. The first-order chi connectivity index (χ1) is 9.66. The van der Waals surface area contributed by atoms with Crippen LogP contribution in [0.3, 0.4) is 0 Å². The van der Waals surface area contributed by atoms with E-state index >= 15 is 0 Å². The topological polar surface area (TPSA) is 50.7 Å². The monoisotopic (exact) mass is 303 g/mol. The molecule has 1 aliphatic rings. The van der Waals surface area contributed by atoms with Crippen molar-refractivity contribution in [1.29, 1.82) is 0 Å². The molecule has 1 aliphatic heterocycles. The largest absolute Gasteiger partial charge is 0.389 e. The van der Waals surface area contributed by atoms with Crippen molar-refractivity contribution in [2.45, 2.75) is 25.0 Å². The van der Waals surface area contributed by atoms with Crippen LogP contribution < -0.4 is 5.32 Å². The minimum atomic E-state index is -0.730. The van der Waals surface area contributed by atoms with Gasteiger partial charge in [0, 0.05) is 13.2 Å². The second-order valence-corrected chi connectivity index (χ2v) is 5.21. The Bertz CT molecular complexity index is 407. The molecule has 1 fully saturated rings. The Morgan fingerprint density at radius 3 is 3.10 bits per heavy atom. The number of para-hydroxylation sites is 1. The van der Waals surface area contributed by atoms with Gasteiger partial charge < -0.3 is 19.9 Å². The van der Waals surface area contributed by atoms with E-state index in [0.29, 0.717) is 6.61 Å². The van der Waals surface area contributed by atoms with Crippen LogP contribution in [-0.4, -0.2) is 43.7 Å². The number of hydrogen-bond donors (Lipinski definition) is 2. The summed E-state index contributed by atoms with van der Waals surface area (Å²) in [6.07, 6.45) is 1.46. The average molecular weight is 304 g/mol. The molecule has 2 rings (SSSR count). The van der Waals surface area contributed by atoms with Gasteiger partial charge in [0.05, 0.1) is 36.1 Å². The number of anilines is 1. The summed E-state index contributed by atoms with van der Waals surface area (Å²) in [4.78, 5) is 0. The summed E-state index contributed by atoms with van der Waals surface area (Å²) in [6.45, 7) is 1.62. The predicted molar refractivity (Wildman–Crippen MR) is 75.7 cm³/mol. The maximum atomic E-state index is 13.5. The van der Waals surface area contributed by atoms with E-state index in [2.05, 4.69) is 5.32 Å². The SMILES string of the molecule is OC(CNc1c(F)cccc1Cl)COCC1CCCO1. The average Bonchev–Trinajstić information content (AvgIpc) is 2.91.